The van der Waals surface area contributed by atoms with Crippen LogP contribution in [0.1, 0.15) is 25.7 Å². The van der Waals surface area contributed by atoms with Crippen molar-refractivity contribution in [2.75, 3.05) is 25.0 Å². The maximum Gasteiger partial charge on any atom is 0.243 e. The van der Waals surface area contributed by atoms with Gasteiger partial charge in [0.15, 0.2) is 0 Å². The molecule has 2 aromatic rings. The van der Waals surface area contributed by atoms with Crippen molar-refractivity contribution in [1.29, 1.82) is 5.26 Å². The van der Waals surface area contributed by atoms with E-state index in [1.54, 1.807) is 6.33 Å². The second-order valence-corrected chi connectivity index (χ2v) is 8.10. The van der Waals surface area contributed by atoms with Crippen molar-refractivity contribution < 1.29 is 4.79 Å². The van der Waals surface area contributed by atoms with E-state index in [9.17, 15) is 10.1 Å². The number of likely N-dealkylation sites (tertiary alicyclic amines) is 1. The number of fused-ring (bicyclic) bond motifs is 2. The predicted octanol–water partition coefficient (Wildman–Crippen LogP) is 1.93. The van der Waals surface area contributed by atoms with Gasteiger partial charge >= 0.3 is 0 Å². The van der Waals surface area contributed by atoms with Gasteiger partial charge in [-0.1, -0.05) is 0 Å². The molecule has 1 saturated heterocycles. The van der Waals surface area contributed by atoms with Gasteiger partial charge in [0.2, 0.25) is 5.91 Å². The molecule has 0 spiro atoms. The number of nitrogens with one attached hydrogen (secondary N) is 1. The number of hydrogen-bond donors (Lipinski definition) is 1. The summed E-state index contributed by atoms with van der Waals surface area (Å²) in [6.45, 7) is 1.61. The molecule has 2 aliphatic carbocycles. The molecule has 2 unspecified atom stereocenters. The van der Waals surface area contributed by atoms with Crippen molar-refractivity contribution in [3.63, 3.8) is 0 Å². The molecule has 134 valence electrons. The number of aromatic nitrogens is 3. The van der Waals surface area contributed by atoms with E-state index in [0.29, 0.717) is 17.9 Å². The predicted molar refractivity (Wildman–Crippen MR) is 96.2 cm³/mol. The fraction of sp³-hybridized carbons (Fsp3) is 0.579. The van der Waals surface area contributed by atoms with E-state index in [1.165, 1.54) is 0 Å². The lowest BCUT2D eigenvalue weighted by atomic mass is 10.0. The molecule has 2 aromatic heterocycles. The number of nitriles is 1. The minimum Gasteiger partial charge on any atom is -0.356 e. The fourth-order valence-corrected chi connectivity index (χ4v) is 4.86. The van der Waals surface area contributed by atoms with Crippen LogP contribution in [0.2, 0.25) is 0 Å². The number of carbonyl (C=O) groups excluding carboxylic acids is 1. The standard InChI is InChI=1S/C19H22N6O/c1-24(17-15-2-5-21-16(15)22-11-23-17)14-6-12-8-25(9-13(12)7-14)18(26)19(10-20)3-4-19/h2,5,11-14H,3-4,6-9H2,1H3,(H,21,22,23). The number of aromatic amines is 1. The zero-order valence-electron chi connectivity index (χ0n) is 14.9. The van der Waals surface area contributed by atoms with Crippen molar-refractivity contribution in [3.05, 3.63) is 18.6 Å². The van der Waals surface area contributed by atoms with Gasteiger partial charge in [-0.05, 0) is 43.6 Å². The van der Waals surface area contributed by atoms with E-state index in [0.717, 1.165) is 55.6 Å². The summed E-state index contributed by atoms with van der Waals surface area (Å²) in [4.78, 5) is 28.8. The summed E-state index contributed by atoms with van der Waals surface area (Å²) in [5.41, 5.74) is 0.179. The molecule has 7 nitrogen and oxygen atoms in total. The summed E-state index contributed by atoms with van der Waals surface area (Å²) in [6.07, 6.45) is 7.12. The van der Waals surface area contributed by atoms with Crippen LogP contribution >= 0.6 is 0 Å². The molecule has 3 fully saturated rings. The van der Waals surface area contributed by atoms with E-state index in [2.05, 4.69) is 33.0 Å². The van der Waals surface area contributed by atoms with Crippen molar-refractivity contribution in [3.8, 4) is 6.07 Å². The molecule has 26 heavy (non-hydrogen) atoms. The molecule has 1 N–H and O–H groups in total. The number of hydrogen-bond acceptors (Lipinski definition) is 5. The van der Waals surface area contributed by atoms with Crippen LogP contribution < -0.4 is 4.90 Å². The van der Waals surface area contributed by atoms with Gasteiger partial charge in [-0.2, -0.15) is 5.26 Å². The Kier molecular flexibility index (Phi) is 3.27. The minimum atomic E-state index is -0.685. The quantitative estimate of drug-likeness (QED) is 0.914. The van der Waals surface area contributed by atoms with Crippen LogP contribution in [0.3, 0.4) is 0 Å². The summed E-state index contributed by atoms with van der Waals surface area (Å²) >= 11 is 0. The Morgan fingerprint density at radius 1 is 1.35 bits per heavy atom. The fourth-order valence-electron chi connectivity index (χ4n) is 4.86. The maximum atomic E-state index is 12.6. The largest absolute Gasteiger partial charge is 0.356 e. The Morgan fingerprint density at radius 2 is 2.08 bits per heavy atom. The Hall–Kier alpha value is -2.62. The van der Waals surface area contributed by atoms with Crippen LogP contribution in [-0.4, -0.2) is 51.9 Å². The van der Waals surface area contributed by atoms with Crippen molar-refractivity contribution in [1.82, 2.24) is 19.9 Å². The number of anilines is 1. The topological polar surface area (TPSA) is 88.9 Å². The van der Waals surface area contributed by atoms with Gasteiger partial charge < -0.3 is 14.8 Å². The van der Waals surface area contributed by atoms with Crippen LogP contribution in [0.4, 0.5) is 5.82 Å². The highest BCUT2D eigenvalue weighted by Gasteiger charge is 2.55. The molecule has 0 radical (unpaired) electrons. The number of carbonyl (C=O) groups is 1. The zero-order chi connectivity index (χ0) is 17.9. The molecular formula is C19H22N6O. The highest BCUT2D eigenvalue weighted by atomic mass is 16.2. The molecule has 3 aliphatic rings. The molecule has 2 atom stereocenters. The molecular weight excluding hydrogens is 328 g/mol. The van der Waals surface area contributed by atoms with Crippen LogP contribution in [0, 0.1) is 28.6 Å². The minimum absolute atomic E-state index is 0.0733. The number of nitrogens with zero attached hydrogens (tertiary/aromatic N) is 5. The summed E-state index contributed by atoms with van der Waals surface area (Å²) in [7, 11) is 2.11. The van der Waals surface area contributed by atoms with Crippen LogP contribution in [0.5, 0.6) is 0 Å². The summed E-state index contributed by atoms with van der Waals surface area (Å²) in [5.74, 6) is 2.11. The maximum absolute atomic E-state index is 12.6. The highest BCUT2D eigenvalue weighted by molar-refractivity contribution is 5.89. The van der Waals surface area contributed by atoms with E-state index in [1.807, 2.05) is 17.2 Å². The lowest BCUT2D eigenvalue weighted by Crippen LogP contribution is -2.37. The Bertz CT molecular complexity index is 896. The first-order valence-electron chi connectivity index (χ1n) is 9.33. The summed E-state index contributed by atoms with van der Waals surface area (Å²) in [5, 5.41) is 10.3. The van der Waals surface area contributed by atoms with Gasteiger partial charge in [0.25, 0.3) is 0 Å². The molecule has 0 aromatic carbocycles. The van der Waals surface area contributed by atoms with E-state index < -0.39 is 5.41 Å². The third-order valence-corrected chi connectivity index (χ3v) is 6.60. The molecule has 5 rings (SSSR count). The van der Waals surface area contributed by atoms with E-state index >= 15 is 0 Å². The Balaban J connectivity index is 1.29. The monoisotopic (exact) mass is 350 g/mol. The second-order valence-electron chi connectivity index (χ2n) is 8.10. The number of H-pyrrole nitrogens is 1. The lowest BCUT2D eigenvalue weighted by molar-refractivity contribution is -0.134. The summed E-state index contributed by atoms with van der Waals surface area (Å²) in [6, 6.07) is 4.69. The number of amides is 1. The van der Waals surface area contributed by atoms with Gasteiger partial charge in [-0.25, -0.2) is 9.97 Å². The Morgan fingerprint density at radius 3 is 2.73 bits per heavy atom. The molecule has 7 heteroatoms. The van der Waals surface area contributed by atoms with Gasteiger partial charge in [0.05, 0.1) is 11.5 Å². The van der Waals surface area contributed by atoms with E-state index in [4.69, 9.17) is 0 Å². The third kappa shape index (κ3) is 2.21. The van der Waals surface area contributed by atoms with Gasteiger partial charge in [0.1, 0.15) is 23.2 Å². The molecule has 3 heterocycles. The van der Waals surface area contributed by atoms with Crippen molar-refractivity contribution in [2.24, 2.45) is 17.3 Å². The molecule has 0 bridgehead atoms. The first-order valence-corrected chi connectivity index (χ1v) is 9.33. The van der Waals surface area contributed by atoms with Crippen LogP contribution in [0.15, 0.2) is 18.6 Å². The SMILES string of the molecule is CN(c1ncnc2[nH]ccc12)C1CC2CN(C(=O)C3(C#N)CC3)CC2C1. The molecule has 1 aliphatic heterocycles. The van der Waals surface area contributed by atoms with Crippen LogP contribution in [0.25, 0.3) is 11.0 Å². The van der Waals surface area contributed by atoms with Crippen molar-refractivity contribution >= 4 is 22.8 Å². The lowest BCUT2D eigenvalue weighted by Gasteiger charge is -2.28. The first kappa shape index (κ1) is 15.6. The van der Waals surface area contributed by atoms with Gasteiger partial charge in [-0.3, -0.25) is 4.79 Å². The average Bonchev–Trinajstić information content (AvgIpc) is 2.97. The van der Waals surface area contributed by atoms with Gasteiger partial charge in [0, 0.05) is 32.4 Å². The van der Waals surface area contributed by atoms with Crippen LogP contribution in [-0.2, 0) is 4.79 Å². The average molecular weight is 350 g/mol. The smallest absolute Gasteiger partial charge is 0.243 e. The normalized spacial score (nSPS) is 28.8. The Labute approximate surface area is 152 Å². The highest BCUT2D eigenvalue weighted by Crippen LogP contribution is 2.49. The third-order valence-electron chi connectivity index (χ3n) is 6.60. The van der Waals surface area contributed by atoms with Gasteiger partial charge in [-0.15, -0.1) is 0 Å². The molecule has 2 saturated carbocycles. The summed E-state index contributed by atoms with van der Waals surface area (Å²) < 4.78 is 0. The number of rotatable bonds is 3. The molecule has 1 amide bonds. The van der Waals surface area contributed by atoms with Crippen molar-refractivity contribution in [2.45, 2.75) is 31.7 Å². The first-order chi connectivity index (χ1) is 12.6. The zero-order valence-corrected chi connectivity index (χ0v) is 14.9. The van der Waals surface area contributed by atoms with E-state index in [-0.39, 0.29) is 5.91 Å². The second kappa shape index (κ2) is 5.44.